The molecule has 0 saturated carbocycles. The van der Waals surface area contributed by atoms with Crippen LogP contribution in [0.2, 0.25) is 0 Å². The SMILES string of the molecule is C1CCOC1.C1CCOC1.C1CCOC1.CC(C)(c1cccc(C(C)(C)c2ccc[n-]2)c1)c1ccc[n-]1.[V+2]. The van der Waals surface area contributed by atoms with E-state index in [-0.39, 0.29) is 29.4 Å². The van der Waals surface area contributed by atoms with Crippen molar-refractivity contribution in [3.05, 3.63) is 83.4 Å². The first-order valence-corrected chi connectivity index (χ1v) is 13.9. The van der Waals surface area contributed by atoms with Gasteiger partial charge in [0.2, 0.25) is 0 Å². The van der Waals surface area contributed by atoms with E-state index >= 15 is 0 Å². The molecular weight excluding hydrogens is 511 g/mol. The van der Waals surface area contributed by atoms with E-state index < -0.39 is 0 Å². The van der Waals surface area contributed by atoms with Gasteiger partial charge >= 0.3 is 18.6 Å². The van der Waals surface area contributed by atoms with Crippen molar-refractivity contribution in [2.75, 3.05) is 39.6 Å². The maximum Gasteiger partial charge on any atom is 2.00 e. The van der Waals surface area contributed by atoms with Crippen LogP contribution in [0.15, 0.2) is 60.9 Å². The zero-order valence-corrected chi connectivity index (χ0v) is 25.2. The fourth-order valence-corrected chi connectivity index (χ4v) is 4.46. The molecule has 1 radical (unpaired) electrons. The Morgan fingerprint density at radius 1 is 0.526 bits per heavy atom. The van der Waals surface area contributed by atoms with E-state index in [4.69, 9.17) is 14.2 Å². The van der Waals surface area contributed by atoms with Crippen molar-refractivity contribution in [2.24, 2.45) is 0 Å². The van der Waals surface area contributed by atoms with Crippen LogP contribution >= 0.6 is 0 Å². The van der Waals surface area contributed by atoms with Crippen LogP contribution in [-0.4, -0.2) is 39.6 Å². The zero-order chi connectivity index (χ0) is 26.4. The monoisotopic (exact) mass is 557 g/mol. The molecule has 6 rings (SSSR count). The third-order valence-electron chi connectivity index (χ3n) is 7.18. The second-order valence-corrected chi connectivity index (χ2v) is 10.8. The maximum atomic E-state index is 4.94. The molecule has 207 valence electrons. The van der Waals surface area contributed by atoms with Crippen molar-refractivity contribution in [1.82, 2.24) is 9.97 Å². The van der Waals surface area contributed by atoms with Gasteiger partial charge in [-0.05, 0) is 60.5 Å². The van der Waals surface area contributed by atoms with E-state index in [0.717, 1.165) is 51.0 Å². The van der Waals surface area contributed by atoms with Gasteiger partial charge < -0.3 is 24.2 Å². The van der Waals surface area contributed by atoms with Gasteiger partial charge in [0.25, 0.3) is 0 Å². The van der Waals surface area contributed by atoms with Crippen LogP contribution in [0, 0.1) is 0 Å². The van der Waals surface area contributed by atoms with Gasteiger partial charge in [0.05, 0.1) is 0 Å². The van der Waals surface area contributed by atoms with Gasteiger partial charge in [0.1, 0.15) is 0 Å². The standard InChI is InChI=1S/C20H22N2.3C4H8O.V/c1-19(2,17-10-6-12-21-17)15-8-5-9-16(14-15)20(3,4)18-11-7-13-22-18;3*1-2-4-5-3-1;/h5-14H,1-4H3;3*1-4H2;/q-2;;;;+2. The van der Waals surface area contributed by atoms with Crippen LogP contribution in [0.25, 0.3) is 0 Å². The van der Waals surface area contributed by atoms with Gasteiger partial charge in [-0.25, -0.2) is 0 Å². The van der Waals surface area contributed by atoms with Crippen molar-refractivity contribution in [2.45, 2.75) is 77.0 Å². The Labute approximate surface area is 242 Å². The van der Waals surface area contributed by atoms with Crippen LogP contribution in [0.3, 0.4) is 0 Å². The molecule has 0 atom stereocenters. The molecule has 5 nitrogen and oxygen atoms in total. The summed E-state index contributed by atoms with van der Waals surface area (Å²) in [5, 5.41) is 0. The van der Waals surface area contributed by atoms with Crippen molar-refractivity contribution >= 4 is 0 Å². The summed E-state index contributed by atoms with van der Waals surface area (Å²) < 4.78 is 14.8. The molecular formula is C32H46N2O3V. The molecule has 1 aromatic carbocycles. The Bertz CT molecular complexity index is 864. The minimum atomic E-state index is -0.102. The molecule has 3 fully saturated rings. The largest absolute Gasteiger partial charge is 2.00 e. The summed E-state index contributed by atoms with van der Waals surface area (Å²) >= 11 is 0. The van der Waals surface area contributed by atoms with Gasteiger partial charge in [-0.15, -0.1) is 11.4 Å². The number of hydrogen-bond acceptors (Lipinski definition) is 3. The number of nitrogens with zero attached hydrogens (tertiary/aromatic N) is 2. The number of hydrogen-bond donors (Lipinski definition) is 0. The summed E-state index contributed by atoms with van der Waals surface area (Å²) in [6.07, 6.45) is 11.4. The quantitative estimate of drug-likeness (QED) is 0.360. The van der Waals surface area contributed by atoms with Crippen molar-refractivity contribution in [3.63, 3.8) is 0 Å². The van der Waals surface area contributed by atoms with Crippen LogP contribution < -0.4 is 9.97 Å². The number of rotatable bonds is 4. The summed E-state index contributed by atoms with van der Waals surface area (Å²) in [6.45, 7) is 14.9. The average molecular weight is 558 g/mol. The zero-order valence-electron chi connectivity index (χ0n) is 23.8. The molecule has 0 bridgehead atoms. The Balaban J connectivity index is 0.000000254. The van der Waals surface area contributed by atoms with Crippen LogP contribution in [0.4, 0.5) is 0 Å². The molecule has 0 N–H and O–H groups in total. The van der Waals surface area contributed by atoms with Crippen LogP contribution in [0.1, 0.15) is 88.7 Å². The molecule has 6 heteroatoms. The summed E-state index contributed by atoms with van der Waals surface area (Å²) in [4.78, 5) is 8.99. The topological polar surface area (TPSA) is 55.9 Å². The maximum absolute atomic E-state index is 4.94. The van der Waals surface area contributed by atoms with E-state index in [1.54, 1.807) is 0 Å². The summed E-state index contributed by atoms with van der Waals surface area (Å²) in [6, 6.07) is 17.0. The molecule has 0 aliphatic carbocycles. The molecule has 3 aromatic rings. The molecule has 3 aliphatic heterocycles. The van der Waals surface area contributed by atoms with Gasteiger partial charge in [-0.3, -0.25) is 0 Å². The minimum Gasteiger partial charge on any atom is -0.667 e. The summed E-state index contributed by atoms with van der Waals surface area (Å²) in [5.41, 5.74) is 4.57. The molecule has 3 saturated heterocycles. The second kappa shape index (κ2) is 17.0. The normalized spacial score (nSPS) is 16.7. The first-order valence-electron chi connectivity index (χ1n) is 13.9. The summed E-state index contributed by atoms with van der Waals surface area (Å²) in [5.74, 6) is 0. The smallest absolute Gasteiger partial charge is 0.667 e. The van der Waals surface area contributed by atoms with Gasteiger partial charge in [-0.2, -0.15) is 12.4 Å². The third-order valence-corrected chi connectivity index (χ3v) is 7.18. The van der Waals surface area contributed by atoms with E-state index in [1.807, 2.05) is 24.5 Å². The molecule has 3 aliphatic rings. The number of ether oxygens (including phenoxy) is 3. The predicted octanol–water partition coefficient (Wildman–Crippen LogP) is 6.64. The first kappa shape index (κ1) is 32.5. The van der Waals surface area contributed by atoms with Crippen molar-refractivity contribution in [3.8, 4) is 0 Å². The Kier molecular flexibility index (Phi) is 14.6. The Hall–Kier alpha value is -1.76. The molecule has 0 unspecified atom stereocenters. The van der Waals surface area contributed by atoms with Crippen molar-refractivity contribution < 1.29 is 32.8 Å². The number of benzene rings is 1. The minimum absolute atomic E-state index is 0. The van der Waals surface area contributed by atoms with Gasteiger partial charge in [0, 0.05) is 39.6 Å². The van der Waals surface area contributed by atoms with Crippen molar-refractivity contribution in [1.29, 1.82) is 0 Å². The molecule has 2 aromatic heterocycles. The van der Waals surface area contributed by atoms with E-state index in [1.165, 1.54) is 49.7 Å². The number of aromatic nitrogens is 2. The molecule has 38 heavy (non-hydrogen) atoms. The average Bonchev–Trinajstić information content (AvgIpc) is 3.79. The van der Waals surface area contributed by atoms with Gasteiger partial charge in [0.15, 0.2) is 0 Å². The second-order valence-electron chi connectivity index (χ2n) is 10.8. The van der Waals surface area contributed by atoms with Crippen LogP contribution in [-0.2, 0) is 43.6 Å². The van der Waals surface area contributed by atoms with E-state index in [0.29, 0.717) is 0 Å². The van der Waals surface area contributed by atoms with E-state index in [2.05, 4.69) is 74.1 Å². The molecule has 0 spiro atoms. The fraction of sp³-hybridized carbons (Fsp3) is 0.562. The van der Waals surface area contributed by atoms with E-state index in [9.17, 15) is 0 Å². The summed E-state index contributed by atoms with van der Waals surface area (Å²) in [7, 11) is 0. The fourth-order valence-electron chi connectivity index (χ4n) is 4.46. The predicted molar refractivity (Wildman–Crippen MR) is 150 cm³/mol. The third kappa shape index (κ3) is 10.1. The Morgan fingerprint density at radius 3 is 1.11 bits per heavy atom. The molecule has 5 heterocycles. The van der Waals surface area contributed by atoms with Gasteiger partial charge in [-0.1, -0.05) is 76.2 Å². The first-order chi connectivity index (χ1) is 17.9. The van der Waals surface area contributed by atoms with Crippen LogP contribution in [0.5, 0.6) is 0 Å². The Morgan fingerprint density at radius 2 is 0.868 bits per heavy atom. The molecule has 0 amide bonds.